The van der Waals surface area contributed by atoms with Gasteiger partial charge in [0.1, 0.15) is 5.78 Å². The number of rotatable bonds is 6. The molecule has 0 aliphatic heterocycles. The van der Waals surface area contributed by atoms with Gasteiger partial charge in [-0.2, -0.15) is 0 Å². The van der Waals surface area contributed by atoms with Crippen LogP contribution < -0.4 is 5.32 Å². The molecule has 1 N–H and O–H groups in total. The number of amides is 1. The van der Waals surface area contributed by atoms with E-state index in [1.165, 1.54) is 6.92 Å². The van der Waals surface area contributed by atoms with E-state index in [1.807, 2.05) is 0 Å². The van der Waals surface area contributed by atoms with E-state index in [9.17, 15) is 9.59 Å². The molecule has 12 heavy (non-hydrogen) atoms. The molecule has 0 unspecified atom stereocenters. The lowest BCUT2D eigenvalue weighted by Crippen LogP contribution is -2.26. The van der Waals surface area contributed by atoms with Gasteiger partial charge in [-0.1, -0.05) is 0 Å². The molecule has 4 heteroatoms. The zero-order valence-electron chi connectivity index (χ0n) is 7.55. The van der Waals surface area contributed by atoms with Crippen LogP contribution in [0.5, 0.6) is 0 Å². The first-order valence-electron chi connectivity index (χ1n) is 3.92. The predicted molar refractivity (Wildman–Crippen MR) is 44.8 cm³/mol. The lowest BCUT2D eigenvalue weighted by atomic mass is 10.3. The van der Waals surface area contributed by atoms with Crippen LogP contribution in [0.15, 0.2) is 0 Å². The van der Waals surface area contributed by atoms with Gasteiger partial charge in [0.05, 0.1) is 6.42 Å². The summed E-state index contributed by atoms with van der Waals surface area (Å²) in [5.74, 6) is -0.321. The molecule has 0 saturated heterocycles. The summed E-state index contributed by atoms with van der Waals surface area (Å²) in [5.41, 5.74) is 0. The van der Waals surface area contributed by atoms with Crippen molar-refractivity contribution in [3.63, 3.8) is 0 Å². The average molecular weight is 173 g/mol. The maximum absolute atomic E-state index is 10.8. The molecule has 0 aromatic carbocycles. The zero-order chi connectivity index (χ0) is 9.40. The molecule has 0 fully saturated rings. The minimum absolute atomic E-state index is 0.0209. The van der Waals surface area contributed by atoms with Gasteiger partial charge in [0.25, 0.3) is 0 Å². The second kappa shape index (κ2) is 6.79. The molecule has 0 heterocycles. The van der Waals surface area contributed by atoms with E-state index in [4.69, 9.17) is 4.74 Å². The van der Waals surface area contributed by atoms with Crippen molar-refractivity contribution in [2.45, 2.75) is 19.8 Å². The Morgan fingerprint density at radius 3 is 2.58 bits per heavy atom. The normalized spacial score (nSPS) is 9.50. The van der Waals surface area contributed by atoms with Gasteiger partial charge in [0.2, 0.25) is 5.91 Å². The van der Waals surface area contributed by atoms with Gasteiger partial charge >= 0.3 is 0 Å². The third-order valence-corrected chi connectivity index (χ3v) is 1.26. The summed E-state index contributed by atoms with van der Waals surface area (Å²) in [7, 11) is 1.61. The second-order valence-corrected chi connectivity index (χ2v) is 2.58. The van der Waals surface area contributed by atoms with Gasteiger partial charge in [-0.05, 0) is 13.3 Å². The summed E-state index contributed by atoms with van der Waals surface area (Å²) in [5, 5.41) is 2.61. The van der Waals surface area contributed by atoms with Crippen LogP contribution in [0.1, 0.15) is 19.8 Å². The zero-order valence-corrected chi connectivity index (χ0v) is 7.55. The molecule has 0 aromatic heterocycles. The SMILES string of the molecule is COCCCNC(=O)CC(C)=O. The van der Waals surface area contributed by atoms with Crippen molar-refractivity contribution in [2.24, 2.45) is 0 Å². The van der Waals surface area contributed by atoms with Gasteiger partial charge < -0.3 is 10.1 Å². The highest BCUT2D eigenvalue weighted by Crippen LogP contribution is 1.83. The third kappa shape index (κ3) is 7.21. The van der Waals surface area contributed by atoms with Crippen LogP contribution in [0.4, 0.5) is 0 Å². The Morgan fingerprint density at radius 2 is 2.08 bits per heavy atom. The molecule has 0 spiro atoms. The van der Waals surface area contributed by atoms with Crippen LogP contribution in [-0.4, -0.2) is 32.0 Å². The van der Waals surface area contributed by atoms with Crippen molar-refractivity contribution in [2.75, 3.05) is 20.3 Å². The number of ketones is 1. The van der Waals surface area contributed by atoms with Crippen LogP contribution in [0.25, 0.3) is 0 Å². The standard InChI is InChI=1S/C8H15NO3/c1-7(10)6-8(11)9-4-3-5-12-2/h3-6H2,1-2H3,(H,9,11). The number of carbonyl (C=O) groups is 2. The van der Waals surface area contributed by atoms with Crippen LogP contribution in [0.2, 0.25) is 0 Å². The van der Waals surface area contributed by atoms with E-state index in [-0.39, 0.29) is 18.1 Å². The first kappa shape index (κ1) is 11.1. The fourth-order valence-electron chi connectivity index (χ4n) is 0.733. The predicted octanol–water partition coefficient (Wildman–Crippen LogP) is 0.118. The Hall–Kier alpha value is -0.900. The fraction of sp³-hybridized carbons (Fsp3) is 0.750. The number of hydrogen-bond acceptors (Lipinski definition) is 3. The third-order valence-electron chi connectivity index (χ3n) is 1.26. The van der Waals surface area contributed by atoms with Gasteiger partial charge in [0.15, 0.2) is 0 Å². The largest absolute Gasteiger partial charge is 0.385 e. The van der Waals surface area contributed by atoms with Gasteiger partial charge in [0, 0.05) is 20.3 Å². The first-order valence-corrected chi connectivity index (χ1v) is 3.92. The van der Waals surface area contributed by atoms with E-state index in [0.717, 1.165) is 6.42 Å². The highest BCUT2D eigenvalue weighted by molar-refractivity contribution is 5.96. The summed E-state index contributed by atoms with van der Waals surface area (Å²) < 4.78 is 4.79. The molecule has 0 aromatic rings. The highest BCUT2D eigenvalue weighted by Gasteiger charge is 2.02. The Bertz CT molecular complexity index is 156. The first-order chi connectivity index (χ1) is 5.66. The minimum atomic E-state index is -0.210. The lowest BCUT2D eigenvalue weighted by molar-refractivity contribution is -0.127. The summed E-state index contributed by atoms with van der Waals surface area (Å²) in [6, 6.07) is 0. The number of methoxy groups -OCH3 is 1. The maximum atomic E-state index is 10.8. The van der Waals surface area contributed by atoms with Crippen molar-refractivity contribution in [1.29, 1.82) is 0 Å². The van der Waals surface area contributed by atoms with Crippen LogP contribution in [0.3, 0.4) is 0 Å². The van der Waals surface area contributed by atoms with Crippen LogP contribution in [-0.2, 0) is 14.3 Å². The molecule has 0 rings (SSSR count). The Balaban J connectivity index is 3.26. The number of carbonyl (C=O) groups excluding carboxylic acids is 2. The van der Waals surface area contributed by atoms with Crippen molar-refractivity contribution in [3.05, 3.63) is 0 Å². The summed E-state index contributed by atoms with van der Waals surface area (Å²) >= 11 is 0. The monoisotopic (exact) mass is 173 g/mol. The lowest BCUT2D eigenvalue weighted by Gasteiger charge is -2.02. The summed E-state index contributed by atoms with van der Waals surface area (Å²) in [4.78, 5) is 21.3. The second-order valence-electron chi connectivity index (χ2n) is 2.58. The van der Waals surface area contributed by atoms with Gasteiger partial charge in [-0.25, -0.2) is 0 Å². The molecule has 0 saturated carbocycles. The molecule has 0 atom stereocenters. The molecular weight excluding hydrogens is 158 g/mol. The average Bonchev–Trinajstić information content (AvgIpc) is 1.97. The molecule has 4 nitrogen and oxygen atoms in total. The molecule has 0 aliphatic carbocycles. The molecule has 0 radical (unpaired) electrons. The highest BCUT2D eigenvalue weighted by atomic mass is 16.5. The van der Waals surface area contributed by atoms with E-state index in [1.54, 1.807) is 7.11 Å². The minimum Gasteiger partial charge on any atom is -0.385 e. The maximum Gasteiger partial charge on any atom is 0.227 e. The van der Waals surface area contributed by atoms with Crippen molar-refractivity contribution in [3.8, 4) is 0 Å². The topological polar surface area (TPSA) is 55.4 Å². The van der Waals surface area contributed by atoms with Crippen molar-refractivity contribution < 1.29 is 14.3 Å². The van der Waals surface area contributed by atoms with E-state index in [0.29, 0.717) is 13.2 Å². The summed E-state index contributed by atoms with van der Waals surface area (Å²) in [6.45, 7) is 2.59. The summed E-state index contributed by atoms with van der Waals surface area (Å²) in [6.07, 6.45) is 0.757. The molecule has 0 aliphatic rings. The molecule has 1 amide bonds. The number of hydrogen-bond donors (Lipinski definition) is 1. The van der Waals surface area contributed by atoms with Gasteiger partial charge in [-0.15, -0.1) is 0 Å². The fourth-order valence-corrected chi connectivity index (χ4v) is 0.733. The molecule has 70 valence electrons. The van der Waals surface area contributed by atoms with E-state index >= 15 is 0 Å². The van der Waals surface area contributed by atoms with Crippen molar-refractivity contribution in [1.82, 2.24) is 5.32 Å². The van der Waals surface area contributed by atoms with Crippen LogP contribution >= 0.6 is 0 Å². The number of nitrogens with one attached hydrogen (secondary N) is 1. The van der Waals surface area contributed by atoms with Crippen LogP contribution in [0, 0.1) is 0 Å². The Labute approximate surface area is 72.3 Å². The van der Waals surface area contributed by atoms with E-state index in [2.05, 4.69) is 5.32 Å². The Morgan fingerprint density at radius 1 is 1.42 bits per heavy atom. The van der Waals surface area contributed by atoms with E-state index < -0.39 is 0 Å². The molecule has 0 bridgehead atoms. The van der Waals surface area contributed by atoms with Gasteiger partial charge in [-0.3, -0.25) is 9.59 Å². The Kier molecular flexibility index (Phi) is 6.28. The number of Topliss-reactive ketones (excluding diaryl/α,β-unsaturated/α-hetero) is 1. The molecular formula is C8H15NO3. The quantitative estimate of drug-likeness (QED) is 0.458. The smallest absolute Gasteiger partial charge is 0.227 e. The number of ether oxygens (including phenoxy) is 1. The van der Waals surface area contributed by atoms with Crippen molar-refractivity contribution >= 4 is 11.7 Å².